The van der Waals surface area contributed by atoms with Crippen LogP contribution in [0.4, 0.5) is 28.9 Å². The number of carbonyl (C=O) groups is 1. The predicted octanol–water partition coefficient (Wildman–Crippen LogP) is 6.24. The van der Waals surface area contributed by atoms with Crippen LogP contribution in [0.2, 0.25) is 0 Å². The zero-order valence-electron chi connectivity index (χ0n) is 19.5. The Morgan fingerprint density at radius 3 is 2.22 bits per heavy atom. The van der Waals surface area contributed by atoms with Gasteiger partial charge in [0.15, 0.2) is 5.50 Å². The van der Waals surface area contributed by atoms with Gasteiger partial charge in [-0.25, -0.2) is 4.39 Å². The van der Waals surface area contributed by atoms with Gasteiger partial charge in [0.25, 0.3) is 5.91 Å². The van der Waals surface area contributed by atoms with E-state index in [4.69, 9.17) is 10.00 Å². The molecule has 186 valence electrons. The summed E-state index contributed by atoms with van der Waals surface area (Å²) in [4.78, 5) is 16.0. The standard InChI is InChI=1S/C26H21F4N3O2S/c1-25(2)23(34)32(17-7-4-16(14-31)21(12-17)26(28,29)30)24(36)33(25)18-8-11-20(22(27)13-18)15-5-9-19(35-3)10-6-15/h4-13,24,36H,1-3H3. The molecule has 0 N–H and O–H groups in total. The number of hydrogen-bond donors (Lipinski definition) is 1. The summed E-state index contributed by atoms with van der Waals surface area (Å²) in [5.41, 5.74) is -2.78. The fourth-order valence-corrected chi connectivity index (χ4v) is 4.95. The first-order valence-corrected chi connectivity index (χ1v) is 11.3. The van der Waals surface area contributed by atoms with Crippen molar-refractivity contribution < 1.29 is 27.1 Å². The zero-order valence-corrected chi connectivity index (χ0v) is 20.4. The van der Waals surface area contributed by atoms with Crippen molar-refractivity contribution in [1.82, 2.24) is 0 Å². The summed E-state index contributed by atoms with van der Waals surface area (Å²) in [5.74, 6) is -0.444. The van der Waals surface area contributed by atoms with Gasteiger partial charge in [-0.15, -0.1) is 12.6 Å². The lowest BCUT2D eigenvalue weighted by Crippen LogP contribution is -2.45. The first kappa shape index (κ1) is 25.4. The minimum atomic E-state index is -4.79. The molecule has 1 unspecified atom stereocenters. The van der Waals surface area contributed by atoms with Gasteiger partial charge in [-0.2, -0.15) is 18.4 Å². The largest absolute Gasteiger partial charge is 0.497 e. The number of thiol groups is 1. The molecule has 1 saturated heterocycles. The number of methoxy groups -OCH3 is 1. The number of nitrogens with zero attached hydrogens (tertiary/aromatic N) is 3. The van der Waals surface area contributed by atoms with Gasteiger partial charge in [0.2, 0.25) is 0 Å². The van der Waals surface area contributed by atoms with Crippen molar-refractivity contribution in [3.05, 3.63) is 77.6 Å². The number of alkyl halides is 3. The van der Waals surface area contributed by atoms with Gasteiger partial charge in [0, 0.05) is 16.9 Å². The van der Waals surface area contributed by atoms with Gasteiger partial charge in [0.05, 0.1) is 24.3 Å². The second kappa shape index (κ2) is 9.06. The lowest BCUT2D eigenvalue weighted by Gasteiger charge is -2.33. The zero-order chi connectivity index (χ0) is 26.4. The fourth-order valence-electron chi connectivity index (χ4n) is 4.29. The average Bonchev–Trinajstić information content (AvgIpc) is 3.01. The van der Waals surface area contributed by atoms with Crippen LogP contribution in [0, 0.1) is 17.1 Å². The first-order valence-electron chi connectivity index (χ1n) is 10.8. The summed E-state index contributed by atoms with van der Waals surface area (Å²) in [6.07, 6.45) is -4.79. The third-order valence-electron chi connectivity index (χ3n) is 6.15. The molecule has 5 nitrogen and oxygen atoms in total. The molecule has 0 aromatic heterocycles. The van der Waals surface area contributed by atoms with Crippen molar-refractivity contribution in [2.24, 2.45) is 0 Å². The van der Waals surface area contributed by atoms with Crippen LogP contribution >= 0.6 is 12.6 Å². The van der Waals surface area contributed by atoms with Crippen molar-refractivity contribution in [3.8, 4) is 22.9 Å². The number of anilines is 2. The average molecular weight is 516 g/mol. The van der Waals surface area contributed by atoms with Crippen molar-refractivity contribution in [1.29, 1.82) is 5.26 Å². The normalized spacial score (nSPS) is 17.3. The second-order valence-electron chi connectivity index (χ2n) is 8.68. The molecular weight excluding hydrogens is 494 g/mol. The summed E-state index contributed by atoms with van der Waals surface area (Å²) in [5, 5.41) is 9.08. The molecule has 1 fully saturated rings. The van der Waals surface area contributed by atoms with E-state index >= 15 is 4.39 Å². The number of nitriles is 1. The highest BCUT2D eigenvalue weighted by Crippen LogP contribution is 2.43. The van der Waals surface area contributed by atoms with Crippen LogP contribution in [0.15, 0.2) is 60.7 Å². The number of benzene rings is 3. The fraction of sp³-hybridized carbons (Fsp3) is 0.231. The van der Waals surface area contributed by atoms with Crippen molar-refractivity contribution >= 4 is 29.9 Å². The number of carbonyl (C=O) groups excluding carboxylic acids is 1. The maximum atomic E-state index is 15.2. The Kier molecular flexibility index (Phi) is 6.39. The molecule has 0 radical (unpaired) electrons. The SMILES string of the molecule is COc1ccc(-c2ccc(N3C(S)N(c4ccc(C#N)c(C(F)(F)F)c4)C(=O)C3(C)C)cc2F)cc1. The van der Waals surface area contributed by atoms with Crippen LogP contribution in [-0.2, 0) is 11.0 Å². The highest BCUT2D eigenvalue weighted by atomic mass is 32.1. The number of rotatable bonds is 4. The molecule has 0 aliphatic carbocycles. The van der Waals surface area contributed by atoms with Gasteiger partial charge in [0.1, 0.15) is 17.1 Å². The van der Waals surface area contributed by atoms with Crippen LogP contribution in [0.5, 0.6) is 5.75 Å². The first-order chi connectivity index (χ1) is 16.9. The van der Waals surface area contributed by atoms with E-state index in [9.17, 15) is 18.0 Å². The van der Waals surface area contributed by atoms with Gasteiger partial charge < -0.3 is 9.64 Å². The number of ether oxygens (including phenoxy) is 1. The third kappa shape index (κ3) is 4.24. The second-order valence-corrected chi connectivity index (χ2v) is 9.14. The molecule has 36 heavy (non-hydrogen) atoms. The minimum absolute atomic E-state index is 0.0720. The van der Waals surface area contributed by atoms with Crippen LogP contribution in [0.25, 0.3) is 11.1 Å². The summed E-state index contributed by atoms with van der Waals surface area (Å²) in [6, 6.07) is 15.9. The summed E-state index contributed by atoms with van der Waals surface area (Å²) < 4.78 is 60.9. The highest BCUT2D eigenvalue weighted by Gasteiger charge is 2.51. The highest BCUT2D eigenvalue weighted by molar-refractivity contribution is 7.81. The van der Waals surface area contributed by atoms with Crippen LogP contribution in [0.1, 0.15) is 25.0 Å². The topological polar surface area (TPSA) is 56.6 Å². The Labute approximate surface area is 210 Å². The Morgan fingerprint density at radius 2 is 1.67 bits per heavy atom. The summed E-state index contributed by atoms with van der Waals surface area (Å²) in [6.45, 7) is 3.17. The van der Waals surface area contributed by atoms with E-state index in [1.807, 2.05) is 0 Å². The Balaban J connectivity index is 1.73. The summed E-state index contributed by atoms with van der Waals surface area (Å²) in [7, 11) is 1.53. The molecule has 0 spiro atoms. The minimum Gasteiger partial charge on any atom is -0.497 e. The monoisotopic (exact) mass is 515 g/mol. The Bertz CT molecular complexity index is 1370. The molecule has 1 aliphatic rings. The maximum Gasteiger partial charge on any atom is 0.417 e. The molecule has 0 saturated carbocycles. The lowest BCUT2D eigenvalue weighted by atomic mass is 10.0. The Morgan fingerprint density at radius 1 is 1.03 bits per heavy atom. The quantitative estimate of drug-likeness (QED) is 0.330. The number of halogens is 4. The van der Waals surface area contributed by atoms with E-state index in [0.717, 1.165) is 17.0 Å². The van der Waals surface area contributed by atoms with E-state index in [0.29, 0.717) is 22.6 Å². The van der Waals surface area contributed by atoms with Crippen molar-refractivity contribution in [2.45, 2.75) is 31.1 Å². The van der Waals surface area contributed by atoms with E-state index < -0.39 is 40.1 Å². The molecular formula is C26H21F4N3O2S. The molecule has 1 amide bonds. The van der Waals surface area contributed by atoms with Crippen LogP contribution < -0.4 is 14.5 Å². The van der Waals surface area contributed by atoms with E-state index in [1.165, 1.54) is 30.2 Å². The molecule has 1 heterocycles. The van der Waals surface area contributed by atoms with Gasteiger partial charge in [-0.3, -0.25) is 9.69 Å². The summed E-state index contributed by atoms with van der Waals surface area (Å²) >= 11 is 4.53. The van der Waals surface area contributed by atoms with Gasteiger partial charge in [-0.1, -0.05) is 12.1 Å². The number of hydrogen-bond acceptors (Lipinski definition) is 5. The Hall–Kier alpha value is -3.71. The smallest absolute Gasteiger partial charge is 0.417 e. The van der Waals surface area contributed by atoms with Crippen LogP contribution in [0.3, 0.4) is 0 Å². The van der Waals surface area contributed by atoms with Gasteiger partial charge in [-0.05, 0) is 67.9 Å². The van der Waals surface area contributed by atoms with E-state index in [-0.39, 0.29) is 5.69 Å². The number of amides is 1. The molecule has 3 aromatic rings. The van der Waals surface area contributed by atoms with Crippen molar-refractivity contribution in [3.63, 3.8) is 0 Å². The molecule has 1 atom stereocenters. The molecule has 0 bridgehead atoms. The predicted molar refractivity (Wildman–Crippen MR) is 131 cm³/mol. The lowest BCUT2D eigenvalue weighted by molar-refractivity contribution is -0.137. The molecule has 3 aromatic carbocycles. The third-order valence-corrected chi connectivity index (χ3v) is 6.61. The van der Waals surface area contributed by atoms with Crippen molar-refractivity contribution in [2.75, 3.05) is 16.9 Å². The van der Waals surface area contributed by atoms with E-state index in [1.54, 1.807) is 50.2 Å². The molecule has 10 heteroatoms. The van der Waals surface area contributed by atoms with Gasteiger partial charge >= 0.3 is 6.18 Å². The van der Waals surface area contributed by atoms with E-state index in [2.05, 4.69) is 12.6 Å². The van der Waals surface area contributed by atoms with Crippen LogP contribution in [-0.4, -0.2) is 24.1 Å². The molecule has 4 rings (SSSR count). The molecule has 1 aliphatic heterocycles. The maximum absolute atomic E-state index is 15.2.